The molecule has 8 heteroatoms. The fraction of sp³-hybridized carbons (Fsp3) is 0.391. The Hall–Kier alpha value is -2.71. The highest BCUT2D eigenvalue weighted by atomic mass is 32.2. The molecule has 31 heavy (non-hydrogen) atoms. The number of carbonyl (C=O) groups excluding carboxylic acids is 2. The van der Waals surface area contributed by atoms with E-state index in [1.165, 1.54) is 35.5 Å². The summed E-state index contributed by atoms with van der Waals surface area (Å²) in [7, 11) is -3.89. The Morgan fingerprint density at radius 2 is 1.68 bits per heavy atom. The molecule has 0 aliphatic carbocycles. The van der Waals surface area contributed by atoms with Gasteiger partial charge in [-0.05, 0) is 57.4 Å². The molecule has 0 saturated carbocycles. The Bertz CT molecular complexity index is 1020. The predicted octanol–water partition coefficient (Wildman–Crippen LogP) is 3.36. The van der Waals surface area contributed by atoms with Crippen LogP contribution in [0.1, 0.15) is 42.1 Å². The number of rotatable bonds is 8. The Labute approximate surface area is 183 Å². The van der Waals surface area contributed by atoms with Gasteiger partial charge in [-0.15, -0.1) is 0 Å². The van der Waals surface area contributed by atoms with Gasteiger partial charge in [-0.2, -0.15) is 4.31 Å². The van der Waals surface area contributed by atoms with E-state index in [1.54, 1.807) is 0 Å². The number of hydrogen-bond acceptors (Lipinski definition) is 6. The summed E-state index contributed by atoms with van der Waals surface area (Å²) in [5, 5.41) is 0. The third kappa shape index (κ3) is 5.71. The van der Waals surface area contributed by atoms with E-state index in [-0.39, 0.29) is 30.4 Å². The summed E-state index contributed by atoms with van der Waals surface area (Å²) in [5.74, 6) is -0.0371. The number of esters is 1. The molecule has 2 aromatic rings. The zero-order chi connectivity index (χ0) is 22.4. The van der Waals surface area contributed by atoms with Crippen molar-refractivity contribution in [1.29, 1.82) is 0 Å². The van der Waals surface area contributed by atoms with Crippen molar-refractivity contribution in [3.05, 3.63) is 59.7 Å². The Kier molecular flexibility index (Phi) is 7.46. The molecular weight excluding hydrogens is 418 g/mol. The zero-order valence-corrected chi connectivity index (χ0v) is 18.6. The molecule has 166 valence electrons. The molecule has 1 heterocycles. The molecule has 0 bridgehead atoms. The van der Waals surface area contributed by atoms with Crippen molar-refractivity contribution in [1.82, 2.24) is 4.31 Å². The monoisotopic (exact) mass is 445 g/mol. The highest BCUT2D eigenvalue weighted by Crippen LogP contribution is 2.26. The van der Waals surface area contributed by atoms with Crippen LogP contribution in [0.5, 0.6) is 5.75 Å². The van der Waals surface area contributed by atoms with Crippen LogP contribution in [0, 0.1) is 6.92 Å². The van der Waals surface area contributed by atoms with Crippen molar-refractivity contribution >= 4 is 21.8 Å². The lowest BCUT2D eigenvalue weighted by Gasteiger charge is -2.33. The maximum atomic E-state index is 13.1. The largest absolute Gasteiger partial charge is 0.490 e. The van der Waals surface area contributed by atoms with E-state index in [0.29, 0.717) is 24.2 Å². The summed E-state index contributed by atoms with van der Waals surface area (Å²) in [6, 6.07) is 12.4. The molecule has 1 saturated heterocycles. The Morgan fingerprint density at radius 3 is 2.32 bits per heavy atom. The molecule has 1 atom stereocenters. The second-order valence-electron chi connectivity index (χ2n) is 7.54. The molecule has 3 rings (SSSR count). The molecule has 0 unspecified atom stereocenters. The van der Waals surface area contributed by atoms with Gasteiger partial charge < -0.3 is 9.47 Å². The molecule has 0 amide bonds. The number of piperidine rings is 1. The zero-order valence-electron chi connectivity index (χ0n) is 17.7. The van der Waals surface area contributed by atoms with Gasteiger partial charge in [0.15, 0.2) is 5.78 Å². The van der Waals surface area contributed by atoms with Gasteiger partial charge in [-0.25, -0.2) is 8.42 Å². The van der Waals surface area contributed by atoms with Crippen molar-refractivity contribution in [3.8, 4) is 5.75 Å². The minimum Gasteiger partial charge on any atom is -0.490 e. The molecule has 1 fully saturated rings. The van der Waals surface area contributed by atoms with Crippen molar-refractivity contribution in [2.75, 3.05) is 19.8 Å². The van der Waals surface area contributed by atoms with Crippen molar-refractivity contribution < 1.29 is 27.5 Å². The number of benzene rings is 2. The predicted molar refractivity (Wildman–Crippen MR) is 116 cm³/mol. The summed E-state index contributed by atoms with van der Waals surface area (Å²) in [5.41, 5.74) is 1.55. The van der Waals surface area contributed by atoms with E-state index in [1.807, 2.05) is 31.2 Å². The summed E-state index contributed by atoms with van der Waals surface area (Å²) in [6.07, 6.45) is 1.82. The Morgan fingerprint density at radius 1 is 1.00 bits per heavy atom. The summed E-state index contributed by atoms with van der Waals surface area (Å²) in [4.78, 5) is 24.2. The van der Waals surface area contributed by atoms with Gasteiger partial charge in [-0.1, -0.05) is 29.8 Å². The van der Waals surface area contributed by atoms with E-state index < -0.39 is 22.0 Å². The Balaban J connectivity index is 1.62. The first-order chi connectivity index (χ1) is 14.8. The second kappa shape index (κ2) is 10.1. The third-order valence-corrected chi connectivity index (χ3v) is 7.13. The van der Waals surface area contributed by atoms with E-state index >= 15 is 0 Å². The highest BCUT2D eigenvalue weighted by Gasteiger charge is 2.38. The first-order valence-corrected chi connectivity index (χ1v) is 11.7. The number of sulfonamides is 1. The molecule has 1 aliphatic heterocycles. The average molecular weight is 446 g/mol. The van der Waals surface area contributed by atoms with Crippen molar-refractivity contribution in [2.45, 2.75) is 44.0 Å². The van der Waals surface area contributed by atoms with Crippen LogP contribution >= 0.6 is 0 Å². The van der Waals surface area contributed by atoms with Crippen molar-refractivity contribution in [2.24, 2.45) is 0 Å². The van der Waals surface area contributed by atoms with Gasteiger partial charge in [-0.3, -0.25) is 9.59 Å². The van der Waals surface area contributed by atoms with Crippen molar-refractivity contribution in [3.63, 3.8) is 0 Å². The highest BCUT2D eigenvalue weighted by molar-refractivity contribution is 7.89. The SMILES string of the molecule is CC(=O)c1ccc(S(=O)(=O)N2CCCC[C@H]2C(=O)OCCOc2ccc(C)cc2)cc1. The van der Waals surface area contributed by atoms with Crippen LogP contribution in [0.4, 0.5) is 0 Å². The van der Waals surface area contributed by atoms with Crippen LogP contribution in [-0.4, -0.2) is 50.3 Å². The van der Waals surface area contributed by atoms with E-state index in [9.17, 15) is 18.0 Å². The number of ketones is 1. The van der Waals surface area contributed by atoms with E-state index in [4.69, 9.17) is 9.47 Å². The number of hydrogen-bond donors (Lipinski definition) is 0. The smallest absolute Gasteiger partial charge is 0.324 e. The number of nitrogens with zero attached hydrogens (tertiary/aromatic N) is 1. The van der Waals surface area contributed by atoms with Crippen LogP contribution in [-0.2, 0) is 19.6 Å². The lowest BCUT2D eigenvalue weighted by molar-refractivity contribution is -0.149. The van der Waals surface area contributed by atoms with Gasteiger partial charge >= 0.3 is 5.97 Å². The van der Waals surface area contributed by atoms with Gasteiger partial charge in [0.1, 0.15) is 25.0 Å². The van der Waals surface area contributed by atoms with Crippen LogP contribution in [0.3, 0.4) is 0 Å². The molecule has 0 radical (unpaired) electrons. The standard InChI is InChI=1S/C23H27NO6S/c1-17-6-10-20(11-7-17)29-15-16-30-23(26)22-5-3-4-14-24(22)31(27,28)21-12-8-19(9-13-21)18(2)25/h6-13,22H,3-5,14-16H2,1-2H3/t22-/m0/s1. The summed E-state index contributed by atoms with van der Waals surface area (Å²) < 4.78 is 38.4. The second-order valence-corrected chi connectivity index (χ2v) is 9.43. The summed E-state index contributed by atoms with van der Waals surface area (Å²) >= 11 is 0. The minimum atomic E-state index is -3.89. The van der Waals surface area contributed by atoms with Gasteiger partial charge in [0.25, 0.3) is 0 Å². The molecule has 2 aromatic carbocycles. The molecule has 0 aromatic heterocycles. The van der Waals surface area contributed by atoms with Gasteiger partial charge in [0, 0.05) is 12.1 Å². The number of aryl methyl sites for hydroxylation is 1. The van der Waals surface area contributed by atoms with Crippen LogP contribution < -0.4 is 4.74 Å². The number of carbonyl (C=O) groups is 2. The lowest BCUT2D eigenvalue weighted by Crippen LogP contribution is -2.48. The topological polar surface area (TPSA) is 90.0 Å². The van der Waals surface area contributed by atoms with Gasteiger partial charge in [0.2, 0.25) is 10.0 Å². The van der Waals surface area contributed by atoms with E-state index in [2.05, 4.69) is 0 Å². The van der Waals surface area contributed by atoms with E-state index in [0.717, 1.165) is 12.0 Å². The van der Waals surface area contributed by atoms with Crippen LogP contribution in [0.25, 0.3) is 0 Å². The molecule has 0 spiro atoms. The quantitative estimate of drug-likeness (QED) is 0.352. The molecular formula is C23H27NO6S. The maximum absolute atomic E-state index is 13.1. The van der Waals surface area contributed by atoms with Crippen LogP contribution in [0.2, 0.25) is 0 Å². The molecule has 1 aliphatic rings. The summed E-state index contributed by atoms with van der Waals surface area (Å²) in [6.45, 7) is 3.86. The lowest BCUT2D eigenvalue weighted by atomic mass is 10.1. The molecule has 7 nitrogen and oxygen atoms in total. The van der Waals surface area contributed by atoms with Crippen LogP contribution in [0.15, 0.2) is 53.4 Å². The van der Waals surface area contributed by atoms with Gasteiger partial charge in [0.05, 0.1) is 4.90 Å². The average Bonchev–Trinajstić information content (AvgIpc) is 2.78. The maximum Gasteiger partial charge on any atom is 0.324 e. The third-order valence-electron chi connectivity index (χ3n) is 5.21. The number of ether oxygens (including phenoxy) is 2. The first-order valence-electron chi connectivity index (χ1n) is 10.3. The fourth-order valence-corrected chi connectivity index (χ4v) is 5.10. The molecule has 0 N–H and O–H groups in total. The number of Topliss-reactive ketones (excluding diaryl/α,β-unsaturated/α-hetero) is 1. The first kappa shape index (κ1) is 23.0. The minimum absolute atomic E-state index is 0.0321. The normalized spacial score (nSPS) is 17.2. The fourth-order valence-electron chi connectivity index (χ4n) is 3.46.